The van der Waals surface area contributed by atoms with E-state index in [-0.39, 0.29) is 11.6 Å². The Hall–Kier alpha value is -2.35. The second-order valence-corrected chi connectivity index (χ2v) is 6.11. The molecule has 7 nitrogen and oxygen atoms in total. The number of para-hydroxylation sites is 2. The Morgan fingerprint density at radius 3 is 2.91 bits per heavy atom. The molecule has 0 atom stereocenters. The van der Waals surface area contributed by atoms with E-state index in [0.717, 1.165) is 29.6 Å². The Labute approximate surface area is 137 Å². The maximum Gasteiger partial charge on any atom is 0.326 e. The van der Waals surface area contributed by atoms with Crippen LogP contribution in [0.4, 0.5) is 5.95 Å². The monoisotopic (exact) mass is 330 g/mol. The summed E-state index contributed by atoms with van der Waals surface area (Å²) < 4.78 is 1.76. The van der Waals surface area contributed by atoms with Crippen molar-refractivity contribution >= 4 is 28.7 Å². The molecule has 0 spiro atoms. The van der Waals surface area contributed by atoms with Gasteiger partial charge in [0.05, 0.1) is 11.0 Å². The SMILES string of the molecule is CCc1nc(N)nc(SCCCn2c(=O)[nH]c3ccccc32)n1. The zero-order valence-electron chi connectivity index (χ0n) is 12.8. The van der Waals surface area contributed by atoms with Crippen molar-refractivity contribution in [2.24, 2.45) is 0 Å². The number of nitrogens with one attached hydrogen (secondary N) is 1. The van der Waals surface area contributed by atoms with Gasteiger partial charge in [-0.1, -0.05) is 30.8 Å². The van der Waals surface area contributed by atoms with Crippen molar-refractivity contribution in [2.45, 2.75) is 31.5 Å². The summed E-state index contributed by atoms with van der Waals surface area (Å²) in [6.45, 7) is 2.63. The predicted octanol–water partition coefficient (Wildman–Crippen LogP) is 1.84. The smallest absolute Gasteiger partial charge is 0.326 e. The third-order valence-electron chi connectivity index (χ3n) is 3.43. The normalized spacial score (nSPS) is 11.2. The van der Waals surface area contributed by atoms with Crippen molar-refractivity contribution in [3.8, 4) is 0 Å². The molecular formula is C15H18N6OS. The Balaban J connectivity index is 1.62. The molecule has 0 amide bonds. The van der Waals surface area contributed by atoms with E-state index in [1.165, 1.54) is 11.8 Å². The van der Waals surface area contributed by atoms with Gasteiger partial charge in [0.25, 0.3) is 0 Å². The Morgan fingerprint density at radius 2 is 2.09 bits per heavy atom. The summed E-state index contributed by atoms with van der Waals surface area (Å²) in [5, 5.41) is 0.639. The van der Waals surface area contributed by atoms with Gasteiger partial charge < -0.3 is 10.7 Å². The van der Waals surface area contributed by atoms with Crippen molar-refractivity contribution in [2.75, 3.05) is 11.5 Å². The number of anilines is 1. The molecule has 0 aliphatic heterocycles. The van der Waals surface area contributed by atoms with Crippen LogP contribution >= 0.6 is 11.8 Å². The lowest BCUT2D eigenvalue weighted by Gasteiger charge is -2.04. The van der Waals surface area contributed by atoms with Crippen LogP contribution in [0, 0.1) is 0 Å². The third-order valence-corrected chi connectivity index (χ3v) is 4.37. The molecule has 23 heavy (non-hydrogen) atoms. The molecular weight excluding hydrogens is 312 g/mol. The zero-order valence-corrected chi connectivity index (χ0v) is 13.6. The van der Waals surface area contributed by atoms with E-state index in [2.05, 4.69) is 19.9 Å². The number of aromatic nitrogens is 5. The first-order chi connectivity index (χ1) is 11.2. The van der Waals surface area contributed by atoms with Gasteiger partial charge in [0.15, 0.2) is 5.16 Å². The Kier molecular flexibility index (Phi) is 4.61. The second kappa shape index (κ2) is 6.82. The molecule has 0 aliphatic rings. The van der Waals surface area contributed by atoms with Crippen molar-refractivity contribution in [3.63, 3.8) is 0 Å². The summed E-state index contributed by atoms with van der Waals surface area (Å²) in [5.74, 6) is 1.76. The molecule has 0 radical (unpaired) electrons. The maximum atomic E-state index is 12.0. The van der Waals surface area contributed by atoms with Gasteiger partial charge >= 0.3 is 5.69 Å². The highest BCUT2D eigenvalue weighted by molar-refractivity contribution is 7.99. The fraction of sp³-hybridized carbons (Fsp3) is 0.333. The van der Waals surface area contributed by atoms with Crippen LogP contribution in [-0.2, 0) is 13.0 Å². The summed E-state index contributed by atoms with van der Waals surface area (Å²) >= 11 is 1.53. The van der Waals surface area contributed by atoms with Crippen LogP contribution in [0.1, 0.15) is 19.2 Å². The molecule has 0 saturated heterocycles. The van der Waals surface area contributed by atoms with Crippen LogP contribution in [0.2, 0.25) is 0 Å². The van der Waals surface area contributed by atoms with Crippen LogP contribution in [-0.4, -0.2) is 30.3 Å². The zero-order chi connectivity index (χ0) is 16.2. The number of fused-ring (bicyclic) bond motifs is 1. The number of hydrogen-bond donors (Lipinski definition) is 2. The van der Waals surface area contributed by atoms with Gasteiger partial charge in [0.1, 0.15) is 5.82 Å². The molecule has 0 saturated carbocycles. The molecule has 0 aliphatic carbocycles. The number of H-pyrrole nitrogens is 1. The highest BCUT2D eigenvalue weighted by atomic mass is 32.2. The van der Waals surface area contributed by atoms with E-state index >= 15 is 0 Å². The van der Waals surface area contributed by atoms with Gasteiger partial charge in [-0.3, -0.25) is 4.57 Å². The number of hydrogen-bond acceptors (Lipinski definition) is 6. The second-order valence-electron chi connectivity index (χ2n) is 5.05. The number of nitrogens with zero attached hydrogens (tertiary/aromatic N) is 4. The lowest BCUT2D eigenvalue weighted by atomic mass is 10.3. The van der Waals surface area contributed by atoms with E-state index in [9.17, 15) is 4.79 Å². The largest absolute Gasteiger partial charge is 0.368 e. The highest BCUT2D eigenvalue weighted by Gasteiger charge is 2.07. The minimum absolute atomic E-state index is 0.0751. The number of rotatable bonds is 6. The minimum atomic E-state index is -0.0751. The number of aromatic amines is 1. The fourth-order valence-electron chi connectivity index (χ4n) is 2.35. The first kappa shape index (κ1) is 15.5. The van der Waals surface area contributed by atoms with E-state index in [1.54, 1.807) is 4.57 Å². The van der Waals surface area contributed by atoms with E-state index in [1.807, 2.05) is 31.2 Å². The lowest BCUT2D eigenvalue weighted by Crippen LogP contribution is -2.17. The van der Waals surface area contributed by atoms with Gasteiger partial charge in [-0.25, -0.2) is 9.78 Å². The number of nitrogen functional groups attached to an aromatic ring is 1. The number of aryl methyl sites for hydroxylation is 2. The van der Waals surface area contributed by atoms with Gasteiger partial charge in [-0.15, -0.1) is 0 Å². The van der Waals surface area contributed by atoms with Crippen molar-refractivity contribution in [1.82, 2.24) is 24.5 Å². The van der Waals surface area contributed by atoms with Crippen molar-refractivity contribution in [1.29, 1.82) is 0 Å². The maximum absolute atomic E-state index is 12.0. The van der Waals surface area contributed by atoms with Gasteiger partial charge in [-0.05, 0) is 18.6 Å². The summed E-state index contributed by atoms with van der Waals surface area (Å²) in [6, 6.07) is 7.69. The molecule has 0 bridgehead atoms. The highest BCUT2D eigenvalue weighted by Crippen LogP contribution is 2.16. The number of thioether (sulfide) groups is 1. The van der Waals surface area contributed by atoms with Crippen molar-refractivity contribution in [3.05, 3.63) is 40.6 Å². The standard InChI is InChI=1S/C15H18N6OS/c1-2-12-18-13(16)20-14(19-12)23-9-5-8-21-11-7-4-3-6-10(11)17-15(21)22/h3-4,6-7H,2,5,8-9H2,1H3,(H,17,22)(H2,16,18,19,20). The molecule has 3 rings (SSSR count). The van der Waals surface area contributed by atoms with Crippen LogP contribution in [0.15, 0.2) is 34.2 Å². The van der Waals surface area contributed by atoms with Gasteiger partial charge in [0, 0.05) is 18.7 Å². The quantitative estimate of drug-likeness (QED) is 0.528. The molecule has 1 aromatic carbocycles. The number of nitrogens with two attached hydrogens (primary N) is 1. The van der Waals surface area contributed by atoms with E-state index in [0.29, 0.717) is 17.5 Å². The molecule has 2 aromatic heterocycles. The summed E-state index contributed by atoms with van der Waals surface area (Å²) in [4.78, 5) is 27.4. The molecule has 3 N–H and O–H groups in total. The Morgan fingerprint density at radius 1 is 1.26 bits per heavy atom. The van der Waals surface area contributed by atoms with Crippen LogP contribution < -0.4 is 11.4 Å². The van der Waals surface area contributed by atoms with Crippen LogP contribution in [0.3, 0.4) is 0 Å². The first-order valence-corrected chi connectivity index (χ1v) is 8.46. The van der Waals surface area contributed by atoms with Crippen molar-refractivity contribution < 1.29 is 0 Å². The third kappa shape index (κ3) is 3.53. The van der Waals surface area contributed by atoms with Gasteiger partial charge in [0.2, 0.25) is 5.95 Å². The Bertz CT molecular complexity index is 872. The molecule has 0 fully saturated rings. The predicted molar refractivity (Wildman–Crippen MR) is 91.5 cm³/mol. The van der Waals surface area contributed by atoms with Gasteiger partial charge in [-0.2, -0.15) is 9.97 Å². The molecule has 0 unspecified atom stereocenters. The molecule has 120 valence electrons. The minimum Gasteiger partial charge on any atom is -0.368 e. The summed E-state index contributed by atoms with van der Waals surface area (Å²) in [5.41, 5.74) is 7.39. The average molecular weight is 330 g/mol. The fourth-order valence-corrected chi connectivity index (χ4v) is 3.14. The van der Waals surface area contributed by atoms with Crippen LogP contribution in [0.5, 0.6) is 0 Å². The molecule has 2 heterocycles. The topological polar surface area (TPSA) is 102 Å². The number of imidazole rings is 1. The first-order valence-electron chi connectivity index (χ1n) is 7.48. The van der Waals surface area contributed by atoms with E-state index < -0.39 is 0 Å². The number of benzene rings is 1. The average Bonchev–Trinajstić information content (AvgIpc) is 2.86. The molecule has 8 heteroatoms. The lowest BCUT2D eigenvalue weighted by molar-refractivity contribution is 0.678. The summed E-state index contributed by atoms with van der Waals surface area (Å²) in [7, 11) is 0. The van der Waals surface area contributed by atoms with Crippen LogP contribution in [0.25, 0.3) is 11.0 Å². The summed E-state index contributed by atoms with van der Waals surface area (Å²) in [6.07, 6.45) is 1.56. The van der Waals surface area contributed by atoms with E-state index in [4.69, 9.17) is 5.73 Å². The molecule has 3 aromatic rings.